The minimum atomic E-state index is 0.534. The van der Waals surface area contributed by atoms with Crippen molar-refractivity contribution in [3.05, 3.63) is 6.33 Å². The smallest absolute Gasteiger partial charge is 0.205 e. The summed E-state index contributed by atoms with van der Waals surface area (Å²) in [5, 5.41) is 4.39. The van der Waals surface area contributed by atoms with Gasteiger partial charge in [-0.05, 0) is 6.92 Å². The van der Waals surface area contributed by atoms with E-state index >= 15 is 0 Å². The van der Waals surface area contributed by atoms with E-state index in [-0.39, 0.29) is 0 Å². The zero-order valence-electron chi connectivity index (χ0n) is 7.03. The van der Waals surface area contributed by atoms with Gasteiger partial charge in [-0.2, -0.15) is 4.37 Å². The Morgan fingerprint density at radius 3 is 3.33 bits per heavy atom. The van der Waals surface area contributed by atoms with Crippen LogP contribution in [0.15, 0.2) is 6.33 Å². The first-order valence-electron chi connectivity index (χ1n) is 4.12. The maximum absolute atomic E-state index is 4.20. The molecule has 0 bridgehead atoms. The minimum absolute atomic E-state index is 0.534. The molecule has 1 saturated heterocycles. The molecule has 2 heterocycles. The average Bonchev–Trinajstić information content (AvgIpc) is 2.57. The standard InChI is InChI=1S/C7H12N4S/c1-6-4-8-2-3-11(6)7-9-5-10-12-7/h5-6,8H,2-4H2,1H3. The molecule has 0 spiro atoms. The van der Waals surface area contributed by atoms with Crippen molar-refractivity contribution in [3.63, 3.8) is 0 Å². The van der Waals surface area contributed by atoms with Crippen molar-refractivity contribution in [2.24, 2.45) is 0 Å². The van der Waals surface area contributed by atoms with E-state index in [2.05, 4.69) is 26.5 Å². The second-order valence-electron chi connectivity index (χ2n) is 2.97. The Hall–Kier alpha value is -0.680. The van der Waals surface area contributed by atoms with E-state index in [1.54, 1.807) is 6.33 Å². The molecule has 1 aliphatic rings. The van der Waals surface area contributed by atoms with Gasteiger partial charge in [-0.1, -0.05) is 0 Å². The van der Waals surface area contributed by atoms with Crippen molar-refractivity contribution < 1.29 is 0 Å². The normalized spacial score (nSPS) is 24.4. The van der Waals surface area contributed by atoms with Gasteiger partial charge in [0.1, 0.15) is 6.33 Å². The van der Waals surface area contributed by atoms with Crippen LogP contribution in [0, 0.1) is 0 Å². The molecule has 0 aliphatic carbocycles. The predicted octanol–water partition coefficient (Wildman–Crippen LogP) is 0.336. The third-order valence-electron chi connectivity index (χ3n) is 2.10. The fourth-order valence-corrected chi connectivity index (χ4v) is 2.08. The number of nitrogens with zero attached hydrogens (tertiary/aromatic N) is 3. The third-order valence-corrected chi connectivity index (χ3v) is 2.80. The van der Waals surface area contributed by atoms with Crippen LogP contribution in [0.5, 0.6) is 0 Å². The molecule has 0 amide bonds. The van der Waals surface area contributed by atoms with Crippen LogP contribution in [0.1, 0.15) is 6.92 Å². The van der Waals surface area contributed by atoms with Gasteiger partial charge < -0.3 is 10.2 Å². The molecular formula is C7H12N4S. The number of piperazine rings is 1. The van der Waals surface area contributed by atoms with Crippen LogP contribution in [0.4, 0.5) is 5.13 Å². The van der Waals surface area contributed by atoms with Crippen molar-refractivity contribution in [2.75, 3.05) is 24.5 Å². The molecule has 1 atom stereocenters. The lowest BCUT2D eigenvalue weighted by molar-refractivity contribution is 0.500. The van der Waals surface area contributed by atoms with E-state index in [1.165, 1.54) is 11.5 Å². The summed E-state index contributed by atoms with van der Waals surface area (Å²) in [4.78, 5) is 6.50. The highest BCUT2D eigenvalue weighted by atomic mass is 32.1. The molecule has 0 saturated carbocycles. The van der Waals surface area contributed by atoms with Crippen molar-refractivity contribution >= 4 is 16.7 Å². The van der Waals surface area contributed by atoms with E-state index in [0.717, 1.165) is 24.8 Å². The first kappa shape index (κ1) is 7.94. The predicted molar refractivity (Wildman–Crippen MR) is 49.6 cm³/mol. The molecule has 4 nitrogen and oxygen atoms in total. The summed E-state index contributed by atoms with van der Waals surface area (Å²) >= 11 is 1.47. The average molecular weight is 184 g/mol. The Labute approximate surface area is 75.8 Å². The van der Waals surface area contributed by atoms with E-state index < -0.39 is 0 Å². The van der Waals surface area contributed by atoms with Crippen LogP contribution in [-0.2, 0) is 0 Å². The zero-order valence-corrected chi connectivity index (χ0v) is 7.84. The summed E-state index contributed by atoms with van der Waals surface area (Å²) in [7, 11) is 0. The number of hydrogen-bond donors (Lipinski definition) is 1. The first-order chi connectivity index (χ1) is 5.88. The van der Waals surface area contributed by atoms with Gasteiger partial charge >= 0.3 is 0 Å². The van der Waals surface area contributed by atoms with Gasteiger partial charge in [-0.25, -0.2) is 4.98 Å². The molecule has 1 aromatic heterocycles. The minimum Gasteiger partial charge on any atom is -0.342 e. The Morgan fingerprint density at radius 1 is 1.75 bits per heavy atom. The third kappa shape index (κ3) is 1.42. The Bertz CT molecular complexity index is 236. The van der Waals surface area contributed by atoms with Gasteiger partial charge in [0.05, 0.1) is 0 Å². The summed E-state index contributed by atoms with van der Waals surface area (Å²) in [6.07, 6.45) is 1.62. The maximum atomic E-state index is 4.20. The van der Waals surface area contributed by atoms with Gasteiger partial charge in [0.15, 0.2) is 0 Å². The Morgan fingerprint density at radius 2 is 2.67 bits per heavy atom. The fraction of sp³-hybridized carbons (Fsp3) is 0.714. The van der Waals surface area contributed by atoms with Gasteiger partial charge in [0, 0.05) is 37.2 Å². The molecule has 12 heavy (non-hydrogen) atoms. The summed E-state index contributed by atoms with van der Waals surface area (Å²) < 4.78 is 4.00. The second-order valence-corrected chi connectivity index (χ2v) is 3.73. The molecule has 1 N–H and O–H groups in total. The van der Waals surface area contributed by atoms with Crippen molar-refractivity contribution in [1.82, 2.24) is 14.7 Å². The highest BCUT2D eigenvalue weighted by Gasteiger charge is 2.19. The Balaban J connectivity index is 2.11. The quantitative estimate of drug-likeness (QED) is 0.683. The first-order valence-corrected chi connectivity index (χ1v) is 4.89. The summed E-state index contributed by atoms with van der Waals surface area (Å²) in [5.41, 5.74) is 0. The second kappa shape index (κ2) is 3.37. The van der Waals surface area contributed by atoms with Gasteiger partial charge in [0.2, 0.25) is 5.13 Å². The van der Waals surface area contributed by atoms with Crippen LogP contribution < -0.4 is 10.2 Å². The number of nitrogens with one attached hydrogen (secondary N) is 1. The molecule has 1 unspecified atom stereocenters. The fourth-order valence-electron chi connectivity index (χ4n) is 1.42. The van der Waals surface area contributed by atoms with E-state index in [4.69, 9.17) is 0 Å². The molecule has 0 aromatic carbocycles. The lowest BCUT2D eigenvalue weighted by Gasteiger charge is -2.33. The number of rotatable bonds is 1. The highest BCUT2D eigenvalue weighted by Crippen LogP contribution is 2.18. The molecule has 66 valence electrons. The molecular weight excluding hydrogens is 172 g/mol. The largest absolute Gasteiger partial charge is 0.342 e. The van der Waals surface area contributed by atoms with Crippen LogP contribution >= 0.6 is 11.5 Å². The van der Waals surface area contributed by atoms with Crippen LogP contribution in [0.2, 0.25) is 0 Å². The SMILES string of the molecule is CC1CNCCN1c1ncns1. The van der Waals surface area contributed by atoms with Crippen LogP contribution in [0.25, 0.3) is 0 Å². The van der Waals surface area contributed by atoms with E-state index in [0.29, 0.717) is 6.04 Å². The van der Waals surface area contributed by atoms with Gasteiger partial charge in [-0.15, -0.1) is 0 Å². The van der Waals surface area contributed by atoms with E-state index in [1.807, 2.05) is 0 Å². The number of hydrogen-bond acceptors (Lipinski definition) is 5. The number of anilines is 1. The summed E-state index contributed by atoms with van der Waals surface area (Å²) in [5.74, 6) is 0. The molecule has 1 aliphatic heterocycles. The molecule has 2 rings (SSSR count). The molecule has 1 fully saturated rings. The van der Waals surface area contributed by atoms with Gasteiger partial charge in [0.25, 0.3) is 0 Å². The topological polar surface area (TPSA) is 41.0 Å². The molecule has 0 radical (unpaired) electrons. The lowest BCUT2D eigenvalue weighted by Crippen LogP contribution is -2.49. The van der Waals surface area contributed by atoms with Crippen LogP contribution in [-0.4, -0.2) is 35.0 Å². The van der Waals surface area contributed by atoms with Crippen LogP contribution in [0.3, 0.4) is 0 Å². The number of aromatic nitrogens is 2. The summed E-state index contributed by atoms with van der Waals surface area (Å²) in [6, 6.07) is 0.534. The van der Waals surface area contributed by atoms with Gasteiger partial charge in [-0.3, -0.25) is 0 Å². The summed E-state index contributed by atoms with van der Waals surface area (Å²) in [6.45, 7) is 5.33. The zero-order chi connectivity index (χ0) is 8.39. The molecule has 1 aromatic rings. The lowest BCUT2D eigenvalue weighted by atomic mass is 10.2. The Kier molecular flexibility index (Phi) is 2.23. The van der Waals surface area contributed by atoms with E-state index in [9.17, 15) is 0 Å². The highest BCUT2D eigenvalue weighted by molar-refractivity contribution is 7.09. The van der Waals surface area contributed by atoms with Crippen molar-refractivity contribution in [2.45, 2.75) is 13.0 Å². The van der Waals surface area contributed by atoms with Crippen molar-refractivity contribution in [1.29, 1.82) is 0 Å². The molecule has 5 heteroatoms. The van der Waals surface area contributed by atoms with Crippen molar-refractivity contribution in [3.8, 4) is 0 Å². The maximum Gasteiger partial charge on any atom is 0.205 e. The monoisotopic (exact) mass is 184 g/mol.